The lowest BCUT2D eigenvalue weighted by Crippen LogP contribution is -2.27. The van der Waals surface area contributed by atoms with Crippen LogP contribution in [-0.4, -0.2) is 44.4 Å². The molecule has 3 heterocycles. The van der Waals surface area contributed by atoms with Crippen molar-refractivity contribution in [1.82, 2.24) is 14.5 Å². The molecular weight excluding hydrogens is 336 g/mol. The van der Waals surface area contributed by atoms with Crippen molar-refractivity contribution in [2.24, 2.45) is 0 Å². The number of hydrogen-bond acceptors (Lipinski definition) is 9. The highest BCUT2D eigenvalue weighted by Crippen LogP contribution is 2.32. The molecule has 0 aliphatic carbocycles. The molecule has 0 aromatic carbocycles. The highest BCUT2D eigenvalue weighted by atomic mass is 32.1. The molecule has 0 saturated carbocycles. The smallest absolute Gasteiger partial charge is 0.311 e. The van der Waals surface area contributed by atoms with E-state index in [1.54, 1.807) is 0 Å². The molecule has 0 spiro atoms. The molecule has 1 aliphatic rings. The molecular formula is C14H18N4O5S. The van der Waals surface area contributed by atoms with Crippen molar-refractivity contribution in [3.05, 3.63) is 15.9 Å². The van der Waals surface area contributed by atoms with E-state index in [0.29, 0.717) is 36.2 Å². The molecule has 2 aromatic heterocycles. The first kappa shape index (κ1) is 16.8. The normalized spacial score (nSPS) is 23.7. The Labute approximate surface area is 141 Å². The van der Waals surface area contributed by atoms with Gasteiger partial charge in [0.2, 0.25) is 5.95 Å². The van der Waals surface area contributed by atoms with Crippen molar-refractivity contribution in [2.45, 2.75) is 44.6 Å². The summed E-state index contributed by atoms with van der Waals surface area (Å²) in [6, 6.07) is 0. The number of aromatic nitrogens is 3. The average molecular weight is 354 g/mol. The predicted molar refractivity (Wildman–Crippen MR) is 86.5 cm³/mol. The molecule has 130 valence electrons. The number of carbonyl (C=O) groups excluding carboxylic acids is 1. The van der Waals surface area contributed by atoms with Gasteiger partial charge in [-0.1, -0.05) is 11.3 Å². The first-order valence-corrected chi connectivity index (χ1v) is 8.38. The molecule has 3 N–H and O–H groups in total. The van der Waals surface area contributed by atoms with E-state index in [-0.39, 0.29) is 22.9 Å². The van der Waals surface area contributed by atoms with Crippen LogP contribution in [0.15, 0.2) is 11.0 Å². The summed E-state index contributed by atoms with van der Waals surface area (Å²) in [5.41, 5.74) is 5.95. The van der Waals surface area contributed by atoms with Crippen LogP contribution in [0.4, 0.5) is 5.95 Å². The summed E-state index contributed by atoms with van der Waals surface area (Å²) in [5.74, 6) is -0.270. The highest BCUT2D eigenvalue weighted by molar-refractivity contribution is 7.16. The quantitative estimate of drug-likeness (QED) is 0.584. The Morgan fingerprint density at radius 1 is 1.62 bits per heavy atom. The van der Waals surface area contributed by atoms with Crippen molar-refractivity contribution < 1.29 is 19.4 Å². The van der Waals surface area contributed by atoms with Gasteiger partial charge in [-0.15, -0.1) is 0 Å². The number of anilines is 1. The van der Waals surface area contributed by atoms with Crippen LogP contribution in [0.25, 0.3) is 10.3 Å². The fraction of sp³-hybridized carbons (Fsp3) is 0.571. The third-order valence-corrected chi connectivity index (χ3v) is 4.65. The maximum Gasteiger partial charge on any atom is 0.311 e. The van der Waals surface area contributed by atoms with E-state index in [0.717, 1.165) is 11.3 Å². The monoisotopic (exact) mass is 354 g/mol. The Kier molecular flexibility index (Phi) is 4.78. The van der Waals surface area contributed by atoms with E-state index in [4.69, 9.17) is 15.2 Å². The standard InChI is InChI=1S/C14H18N4O5S/c1-7(19)22-4-2-3-8-5-9(20)12(23-8)18-11-10(24-14(18)21)6-16-13(15)17-11/h6,8-9,12,20H,2-5H2,1H3,(H2,15,16,17)/t8-,9+,12+/m0/s1. The third kappa shape index (κ3) is 3.40. The molecule has 0 bridgehead atoms. The van der Waals surface area contributed by atoms with E-state index in [1.165, 1.54) is 17.7 Å². The lowest BCUT2D eigenvalue weighted by atomic mass is 10.1. The molecule has 3 rings (SSSR count). The molecule has 2 aromatic rings. The number of thiazole rings is 1. The summed E-state index contributed by atoms with van der Waals surface area (Å²) in [6.45, 7) is 1.66. The van der Waals surface area contributed by atoms with E-state index in [1.807, 2.05) is 0 Å². The number of carbonyl (C=O) groups is 1. The molecule has 1 fully saturated rings. The number of nitrogen functional groups attached to an aromatic ring is 1. The van der Waals surface area contributed by atoms with Gasteiger partial charge in [-0.25, -0.2) is 4.98 Å². The molecule has 1 aliphatic heterocycles. The van der Waals surface area contributed by atoms with Crippen LogP contribution in [0.5, 0.6) is 0 Å². The van der Waals surface area contributed by atoms with Crippen LogP contribution >= 0.6 is 11.3 Å². The van der Waals surface area contributed by atoms with Crippen molar-refractivity contribution in [1.29, 1.82) is 0 Å². The van der Waals surface area contributed by atoms with Gasteiger partial charge in [-0.3, -0.25) is 14.2 Å². The number of nitrogens with two attached hydrogens (primary N) is 1. The molecule has 9 nitrogen and oxygen atoms in total. The second-order valence-corrected chi connectivity index (χ2v) is 6.58. The number of esters is 1. The van der Waals surface area contributed by atoms with Crippen molar-refractivity contribution in [3.63, 3.8) is 0 Å². The minimum atomic E-state index is -0.824. The SMILES string of the molecule is CC(=O)OCCC[C@H]1C[C@@H](O)[C@H](n2c(=O)sc3cnc(N)nc32)O1. The second kappa shape index (κ2) is 6.83. The largest absolute Gasteiger partial charge is 0.466 e. The molecule has 24 heavy (non-hydrogen) atoms. The van der Waals surface area contributed by atoms with Crippen LogP contribution < -0.4 is 10.6 Å². The van der Waals surface area contributed by atoms with Gasteiger partial charge in [-0.05, 0) is 12.8 Å². The van der Waals surface area contributed by atoms with Gasteiger partial charge in [0.05, 0.1) is 23.6 Å². The number of fused-ring (bicyclic) bond motifs is 1. The number of rotatable bonds is 5. The first-order valence-electron chi connectivity index (χ1n) is 7.56. The Morgan fingerprint density at radius 2 is 2.42 bits per heavy atom. The minimum absolute atomic E-state index is 0.0551. The van der Waals surface area contributed by atoms with E-state index >= 15 is 0 Å². The maximum atomic E-state index is 12.2. The summed E-state index contributed by atoms with van der Waals surface area (Å²) in [7, 11) is 0. The Bertz CT molecular complexity index is 804. The lowest BCUT2D eigenvalue weighted by molar-refractivity contribution is -0.141. The predicted octanol–water partition coefficient (Wildman–Crippen LogP) is 0.427. The Hall–Kier alpha value is -2.04. The Morgan fingerprint density at radius 3 is 3.17 bits per heavy atom. The summed E-state index contributed by atoms with van der Waals surface area (Å²) in [4.78, 5) is 30.7. The topological polar surface area (TPSA) is 130 Å². The molecule has 1 saturated heterocycles. The van der Waals surface area contributed by atoms with Gasteiger partial charge in [-0.2, -0.15) is 4.98 Å². The second-order valence-electron chi connectivity index (χ2n) is 5.59. The van der Waals surface area contributed by atoms with Crippen LogP contribution in [0.3, 0.4) is 0 Å². The van der Waals surface area contributed by atoms with Crippen LogP contribution in [-0.2, 0) is 14.3 Å². The van der Waals surface area contributed by atoms with Gasteiger partial charge in [0.25, 0.3) is 0 Å². The fourth-order valence-electron chi connectivity index (χ4n) is 2.75. The van der Waals surface area contributed by atoms with Crippen LogP contribution in [0.2, 0.25) is 0 Å². The molecule has 0 amide bonds. The summed E-state index contributed by atoms with van der Waals surface area (Å²) >= 11 is 0.981. The third-order valence-electron chi connectivity index (χ3n) is 3.77. The average Bonchev–Trinajstić information content (AvgIpc) is 3.02. The van der Waals surface area contributed by atoms with Crippen LogP contribution in [0, 0.1) is 0 Å². The number of hydrogen-bond donors (Lipinski definition) is 2. The van der Waals surface area contributed by atoms with Crippen LogP contribution in [0.1, 0.15) is 32.4 Å². The fourth-order valence-corrected chi connectivity index (χ4v) is 3.57. The van der Waals surface area contributed by atoms with E-state index in [9.17, 15) is 14.7 Å². The number of aliphatic hydroxyl groups is 1. The molecule has 3 atom stereocenters. The maximum absolute atomic E-state index is 12.2. The van der Waals surface area contributed by atoms with Gasteiger partial charge in [0.1, 0.15) is 6.10 Å². The van der Waals surface area contributed by atoms with E-state index in [2.05, 4.69) is 9.97 Å². The molecule has 0 radical (unpaired) electrons. The molecule has 10 heteroatoms. The van der Waals surface area contributed by atoms with Gasteiger partial charge < -0.3 is 20.3 Å². The summed E-state index contributed by atoms with van der Waals surface area (Å²) < 4.78 is 12.6. The lowest BCUT2D eigenvalue weighted by Gasteiger charge is -2.16. The highest BCUT2D eigenvalue weighted by Gasteiger charge is 2.37. The Balaban J connectivity index is 1.74. The van der Waals surface area contributed by atoms with Crippen molar-refractivity contribution in [3.8, 4) is 0 Å². The van der Waals surface area contributed by atoms with E-state index < -0.39 is 12.3 Å². The van der Waals surface area contributed by atoms with Crippen molar-refractivity contribution in [2.75, 3.05) is 12.3 Å². The number of nitrogens with zero attached hydrogens (tertiary/aromatic N) is 3. The minimum Gasteiger partial charge on any atom is -0.466 e. The van der Waals surface area contributed by atoms with Gasteiger partial charge in [0.15, 0.2) is 11.9 Å². The first-order chi connectivity index (χ1) is 11.5. The zero-order valence-corrected chi connectivity index (χ0v) is 13.9. The molecule has 0 unspecified atom stereocenters. The number of ether oxygens (including phenoxy) is 2. The number of aliphatic hydroxyl groups excluding tert-OH is 1. The summed E-state index contributed by atoms with van der Waals surface area (Å²) in [6.07, 6.45) is 1.27. The zero-order chi connectivity index (χ0) is 17.3. The summed E-state index contributed by atoms with van der Waals surface area (Å²) in [5, 5.41) is 10.3. The zero-order valence-electron chi connectivity index (χ0n) is 13.0. The van der Waals surface area contributed by atoms with Crippen molar-refractivity contribution >= 4 is 33.6 Å². The van der Waals surface area contributed by atoms with Gasteiger partial charge in [0, 0.05) is 13.3 Å². The van der Waals surface area contributed by atoms with Gasteiger partial charge >= 0.3 is 10.8 Å².